The molecule has 38 heavy (non-hydrogen) atoms. The molecule has 5 nitrogen and oxygen atoms in total. The summed E-state index contributed by atoms with van der Waals surface area (Å²) in [6, 6.07) is 31.2. The molecule has 0 fully saturated rings. The molecule has 0 saturated carbocycles. The van der Waals surface area contributed by atoms with E-state index in [0.29, 0.717) is 36.1 Å². The molecule has 0 aliphatic rings. The number of carbonyl (C=O) groups excluding carboxylic acids is 1. The number of aryl methyl sites for hydroxylation is 1. The molecule has 1 unspecified atom stereocenters. The number of para-hydroxylation sites is 1. The third-order valence-corrected chi connectivity index (χ3v) is 6.99. The molecular formula is C33H33N3O2. The average Bonchev–Trinajstić information content (AvgIpc) is 2.94. The van der Waals surface area contributed by atoms with E-state index >= 15 is 0 Å². The molecule has 1 heterocycles. The predicted molar refractivity (Wildman–Crippen MR) is 155 cm³/mol. The molecule has 0 aliphatic heterocycles. The van der Waals surface area contributed by atoms with Crippen molar-refractivity contribution in [2.24, 2.45) is 5.92 Å². The highest BCUT2D eigenvalue weighted by Gasteiger charge is 2.27. The lowest BCUT2D eigenvalue weighted by Crippen LogP contribution is -2.39. The first-order chi connectivity index (χ1) is 18.4. The van der Waals surface area contributed by atoms with Crippen LogP contribution in [0, 0.1) is 5.92 Å². The van der Waals surface area contributed by atoms with Crippen LogP contribution in [-0.4, -0.2) is 26.9 Å². The summed E-state index contributed by atoms with van der Waals surface area (Å²) in [5, 5.41) is 2.70. The highest BCUT2D eigenvalue weighted by atomic mass is 16.2. The Kier molecular flexibility index (Phi) is 7.36. The van der Waals surface area contributed by atoms with Crippen molar-refractivity contribution >= 4 is 27.6 Å². The van der Waals surface area contributed by atoms with Gasteiger partial charge in [-0.2, -0.15) is 0 Å². The van der Waals surface area contributed by atoms with Gasteiger partial charge in [0.1, 0.15) is 5.82 Å². The van der Waals surface area contributed by atoms with Crippen molar-refractivity contribution in [2.45, 2.75) is 39.7 Å². The van der Waals surface area contributed by atoms with Crippen LogP contribution < -0.4 is 5.56 Å². The van der Waals surface area contributed by atoms with Crippen molar-refractivity contribution in [3.8, 4) is 5.69 Å². The minimum absolute atomic E-state index is 0.0579. The first kappa shape index (κ1) is 25.4. The number of aromatic nitrogens is 2. The third-order valence-electron chi connectivity index (χ3n) is 6.99. The van der Waals surface area contributed by atoms with Crippen molar-refractivity contribution < 1.29 is 4.79 Å². The van der Waals surface area contributed by atoms with Crippen LogP contribution in [0.25, 0.3) is 27.4 Å². The van der Waals surface area contributed by atoms with E-state index in [1.807, 2.05) is 103 Å². The number of rotatable bonds is 8. The van der Waals surface area contributed by atoms with E-state index in [1.165, 1.54) is 0 Å². The van der Waals surface area contributed by atoms with Gasteiger partial charge < -0.3 is 4.90 Å². The Labute approximate surface area is 223 Å². The van der Waals surface area contributed by atoms with E-state index in [2.05, 4.69) is 19.9 Å². The second-order valence-electron chi connectivity index (χ2n) is 10.3. The lowest BCUT2D eigenvalue weighted by Gasteiger charge is -2.32. The Hall–Kier alpha value is -4.25. The molecule has 0 spiro atoms. The van der Waals surface area contributed by atoms with E-state index < -0.39 is 6.04 Å². The van der Waals surface area contributed by atoms with Gasteiger partial charge in [0.15, 0.2) is 0 Å². The summed E-state index contributed by atoms with van der Waals surface area (Å²) in [6.07, 6.45) is 1.07. The number of amides is 1. The van der Waals surface area contributed by atoms with Crippen LogP contribution in [0.15, 0.2) is 102 Å². The topological polar surface area (TPSA) is 55.2 Å². The van der Waals surface area contributed by atoms with Crippen molar-refractivity contribution in [3.63, 3.8) is 0 Å². The normalized spacial score (nSPS) is 12.2. The maximum absolute atomic E-state index is 13.9. The smallest absolute Gasteiger partial charge is 0.266 e. The Morgan fingerprint density at radius 1 is 0.842 bits per heavy atom. The van der Waals surface area contributed by atoms with Gasteiger partial charge in [-0.1, -0.05) is 86.6 Å². The molecule has 0 radical (unpaired) electrons. The number of carbonyl (C=O) groups is 1. The molecule has 1 atom stereocenters. The summed E-state index contributed by atoms with van der Waals surface area (Å²) in [7, 11) is 0. The summed E-state index contributed by atoms with van der Waals surface area (Å²) in [6.45, 7) is 6.77. The van der Waals surface area contributed by atoms with Gasteiger partial charge in [0.2, 0.25) is 5.91 Å². The molecule has 0 N–H and O–H groups in total. The van der Waals surface area contributed by atoms with Gasteiger partial charge in [-0.15, -0.1) is 0 Å². The van der Waals surface area contributed by atoms with Gasteiger partial charge in [-0.25, -0.2) is 4.98 Å². The molecule has 5 aromatic rings. The average molecular weight is 504 g/mol. The van der Waals surface area contributed by atoms with E-state index in [0.717, 1.165) is 22.0 Å². The molecule has 1 amide bonds. The fraction of sp³-hybridized carbons (Fsp3) is 0.242. The summed E-state index contributed by atoms with van der Waals surface area (Å²) in [5.41, 5.74) is 2.39. The number of benzene rings is 4. The Bertz CT molecular complexity index is 1640. The molecule has 4 aromatic carbocycles. The SMILES string of the molecule is CC(C)CN(C(=O)CCc1ccccc1)C(C)c1nc2ccccc2c(=O)n1-c1ccc2ccccc2c1. The highest BCUT2D eigenvalue weighted by molar-refractivity contribution is 5.85. The molecule has 0 bridgehead atoms. The number of fused-ring (bicyclic) bond motifs is 2. The summed E-state index contributed by atoms with van der Waals surface area (Å²) in [5.74, 6) is 0.889. The van der Waals surface area contributed by atoms with Crippen LogP contribution >= 0.6 is 0 Å². The van der Waals surface area contributed by atoms with Gasteiger partial charge in [0.05, 0.1) is 22.6 Å². The zero-order valence-corrected chi connectivity index (χ0v) is 22.2. The lowest BCUT2D eigenvalue weighted by molar-refractivity contribution is -0.134. The van der Waals surface area contributed by atoms with Gasteiger partial charge in [0, 0.05) is 13.0 Å². The van der Waals surface area contributed by atoms with Gasteiger partial charge in [0.25, 0.3) is 5.56 Å². The third kappa shape index (κ3) is 5.23. The Morgan fingerprint density at radius 2 is 1.53 bits per heavy atom. The van der Waals surface area contributed by atoms with E-state index in [-0.39, 0.29) is 17.4 Å². The predicted octanol–water partition coefficient (Wildman–Crippen LogP) is 6.72. The van der Waals surface area contributed by atoms with Crippen LogP contribution in [-0.2, 0) is 11.2 Å². The molecule has 1 aromatic heterocycles. The maximum atomic E-state index is 13.9. The Morgan fingerprint density at radius 3 is 2.29 bits per heavy atom. The zero-order chi connectivity index (χ0) is 26.6. The lowest BCUT2D eigenvalue weighted by atomic mass is 10.1. The van der Waals surface area contributed by atoms with Crippen molar-refractivity contribution in [1.82, 2.24) is 14.5 Å². The largest absolute Gasteiger partial charge is 0.333 e. The number of nitrogens with zero attached hydrogens (tertiary/aromatic N) is 3. The quantitative estimate of drug-likeness (QED) is 0.236. The van der Waals surface area contributed by atoms with Gasteiger partial charge >= 0.3 is 0 Å². The highest BCUT2D eigenvalue weighted by Crippen LogP contribution is 2.26. The summed E-state index contributed by atoms with van der Waals surface area (Å²) >= 11 is 0. The number of hydrogen-bond donors (Lipinski definition) is 0. The Balaban J connectivity index is 1.61. The van der Waals surface area contributed by atoms with E-state index in [1.54, 1.807) is 4.57 Å². The molecule has 0 saturated heterocycles. The molecule has 192 valence electrons. The molecule has 5 rings (SSSR count). The van der Waals surface area contributed by atoms with Crippen LogP contribution in [0.2, 0.25) is 0 Å². The van der Waals surface area contributed by atoms with Gasteiger partial charge in [-0.05, 0) is 59.9 Å². The monoisotopic (exact) mass is 503 g/mol. The fourth-order valence-electron chi connectivity index (χ4n) is 5.04. The first-order valence-corrected chi connectivity index (χ1v) is 13.3. The van der Waals surface area contributed by atoms with Crippen LogP contribution in [0.5, 0.6) is 0 Å². The van der Waals surface area contributed by atoms with E-state index in [9.17, 15) is 9.59 Å². The van der Waals surface area contributed by atoms with E-state index in [4.69, 9.17) is 4.98 Å². The molecule has 0 aliphatic carbocycles. The first-order valence-electron chi connectivity index (χ1n) is 13.3. The second-order valence-corrected chi connectivity index (χ2v) is 10.3. The van der Waals surface area contributed by atoms with Gasteiger partial charge in [-0.3, -0.25) is 14.2 Å². The minimum Gasteiger partial charge on any atom is -0.333 e. The summed E-state index contributed by atoms with van der Waals surface area (Å²) in [4.78, 5) is 34.5. The van der Waals surface area contributed by atoms with Crippen LogP contribution in [0.1, 0.15) is 44.6 Å². The minimum atomic E-state index is -0.399. The number of hydrogen-bond acceptors (Lipinski definition) is 3. The van der Waals surface area contributed by atoms with Crippen LogP contribution in [0.4, 0.5) is 0 Å². The van der Waals surface area contributed by atoms with Crippen molar-refractivity contribution in [3.05, 3.63) is 119 Å². The fourth-order valence-corrected chi connectivity index (χ4v) is 5.04. The maximum Gasteiger partial charge on any atom is 0.266 e. The molecular weight excluding hydrogens is 470 g/mol. The summed E-state index contributed by atoms with van der Waals surface area (Å²) < 4.78 is 1.69. The second kappa shape index (κ2) is 11.0. The van der Waals surface area contributed by atoms with Crippen LogP contribution in [0.3, 0.4) is 0 Å². The zero-order valence-electron chi connectivity index (χ0n) is 22.2. The van der Waals surface area contributed by atoms with Crippen molar-refractivity contribution in [1.29, 1.82) is 0 Å². The van der Waals surface area contributed by atoms with Crippen molar-refractivity contribution in [2.75, 3.05) is 6.54 Å². The standard InChI is InChI=1S/C33H33N3O2/c1-23(2)22-35(31(37)20-17-25-11-5-4-6-12-25)24(3)32-34-30-16-10-9-15-29(30)33(38)36(32)28-19-18-26-13-7-8-14-27(26)21-28/h4-16,18-19,21,23-24H,17,20,22H2,1-3H3. The molecule has 5 heteroatoms.